The van der Waals surface area contributed by atoms with Gasteiger partial charge in [-0.25, -0.2) is 4.98 Å². The lowest BCUT2D eigenvalue weighted by Crippen LogP contribution is -1.87. The van der Waals surface area contributed by atoms with Gasteiger partial charge in [-0.05, 0) is 18.4 Å². The van der Waals surface area contributed by atoms with Gasteiger partial charge in [0.2, 0.25) is 0 Å². The molecule has 0 spiro atoms. The van der Waals surface area contributed by atoms with Crippen LogP contribution in [0, 0.1) is 6.92 Å². The highest BCUT2D eigenvalue weighted by molar-refractivity contribution is 8.00. The molecule has 0 atom stereocenters. The number of rotatable bonds is 5. The van der Waals surface area contributed by atoms with E-state index in [1.54, 1.807) is 34.4 Å². The Morgan fingerprint density at radius 2 is 1.91 bits per heavy atom. The van der Waals surface area contributed by atoms with Gasteiger partial charge in [-0.2, -0.15) is 0 Å². The van der Waals surface area contributed by atoms with Gasteiger partial charge in [-0.1, -0.05) is 61.2 Å². The van der Waals surface area contributed by atoms with Crippen molar-refractivity contribution < 1.29 is 0 Å². The fourth-order valence-corrected chi connectivity index (χ4v) is 4.63. The summed E-state index contributed by atoms with van der Waals surface area (Å²) < 4.78 is 1.01. The Balaban J connectivity index is 1.67. The summed E-state index contributed by atoms with van der Waals surface area (Å²) in [6, 6.07) is 8.72. The van der Waals surface area contributed by atoms with Gasteiger partial charge in [0.15, 0.2) is 4.34 Å². The molecule has 3 aromatic rings. The predicted molar refractivity (Wildman–Crippen MR) is 95.8 cm³/mol. The van der Waals surface area contributed by atoms with Crippen molar-refractivity contribution in [2.45, 2.75) is 36.8 Å². The third-order valence-electron chi connectivity index (χ3n) is 3.23. The zero-order valence-corrected chi connectivity index (χ0v) is 15.2. The van der Waals surface area contributed by atoms with Crippen molar-refractivity contribution in [2.24, 2.45) is 0 Å². The Morgan fingerprint density at radius 3 is 2.55 bits per heavy atom. The predicted octanol–water partition coefficient (Wildman–Crippen LogP) is 5.39. The van der Waals surface area contributed by atoms with Gasteiger partial charge in [-0.3, -0.25) is 0 Å². The van der Waals surface area contributed by atoms with E-state index in [4.69, 9.17) is 4.98 Å². The van der Waals surface area contributed by atoms with Crippen LogP contribution in [0.1, 0.15) is 36.0 Å². The van der Waals surface area contributed by atoms with Crippen LogP contribution in [-0.2, 0) is 5.75 Å². The number of hydrogen-bond donors (Lipinski definition) is 0. The second-order valence-electron chi connectivity index (χ2n) is 5.30. The molecule has 0 bridgehead atoms. The number of hydrogen-bond acceptors (Lipinski definition) is 6. The number of aromatic nitrogens is 3. The first-order valence-electron chi connectivity index (χ1n) is 7.09. The second-order valence-corrected chi connectivity index (χ2v) is 8.56. The lowest BCUT2D eigenvalue weighted by atomic mass is 10.0. The third-order valence-corrected chi connectivity index (χ3v) is 6.17. The van der Waals surface area contributed by atoms with Gasteiger partial charge in [0.25, 0.3) is 0 Å². The number of thiazole rings is 1. The maximum absolute atomic E-state index is 4.73. The first kappa shape index (κ1) is 15.6. The summed E-state index contributed by atoms with van der Waals surface area (Å²) in [6.45, 7) is 6.40. The quantitative estimate of drug-likeness (QED) is 0.580. The summed E-state index contributed by atoms with van der Waals surface area (Å²) in [5, 5.41) is 12.4. The SMILES string of the molecule is Cc1nnc(SCc2csc(-c3ccc(C(C)C)cc3)n2)s1. The molecule has 0 N–H and O–H groups in total. The minimum absolute atomic E-state index is 0.563. The first-order valence-corrected chi connectivity index (χ1v) is 9.77. The summed E-state index contributed by atoms with van der Waals surface area (Å²) in [5.41, 5.74) is 3.66. The Morgan fingerprint density at radius 1 is 1.14 bits per heavy atom. The zero-order valence-electron chi connectivity index (χ0n) is 12.7. The van der Waals surface area contributed by atoms with Crippen LogP contribution in [-0.4, -0.2) is 15.2 Å². The number of benzene rings is 1. The zero-order chi connectivity index (χ0) is 15.5. The van der Waals surface area contributed by atoms with E-state index in [1.165, 1.54) is 11.1 Å². The van der Waals surface area contributed by atoms with Crippen LogP contribution >= 0.6 is 34.4 Å². The Kier molecular flexibility index (Phi) is 4.90. The van der Waals surface area contributed by atoms with Gasteiger partial charge in [0, 0.05) is 16.7 Å². The highest BCUT2D eigenvalue weighted by Gasteiger charge is 2.08. The molecule has 0 fully saturated rings. The minimum Gasteiger partial charge on any atom is -0.240 e. The molecule has 22 heavy (non-hydrogen) atoms. The summed E-state index contributed by atoms with van der Waals surface area (Å²) in [4.78, 5) is 4.73. The van der Waals surface area contributed by atoms with Crippen molar-refractivity contribution in [1.82, 2.24) is 15.2 Å². The summed E-state index contributed by atoms with van der Waals surface area (Å²) in [5.74, 6) is 1.41. The maximum atomic E-state index is 4.73. The standard InChI is InChI=1S/C16H17N3S3/c1-10(2)12-4-6-13(7-5-12)15-17-14(8-20-15)9-21-16-19-18-11(3)22-16/h4-8,10H,9H2,1-3H3. The van der Waals surface area contributed by atoms with E-state index in [9.17, 15) is 0 Å². The van der Waals surface area contributed by atoms with Gasteiger partial charge < -0.3 is 0 Å². The lowest BCUT2D eigenvalue weighted by molar-refractivity contribution is 0.867. The molecule has 0 aliphatic rings. The fraction of sp³-hybridized carbons (Fsp3) is 0.312. The van der Waals surface area contributed by atoms with E-state index in [0.717, 1.165) is 25.8 Å². The molecule has 0 aliphatic heterocycles. The molecule has 1 aromatic carbocycles. The second kappa shape index (κ2) is 6.89. The van der Waals surface area contributed by atoms with E-state index in [0.29, 0.717) is 5.92 Å². The van der Waals surface area contributed by atoms with E-state index in [-0.39, 0.29) is 0 Å². The topological polar surface area (TPSA) is 38.7 Å². The van der Waals surface area contributed by atoms with Crippen LogP contribution in [0.5, 0.6) is 0 Å². The summed E-state index contributed by atoms with van der Waals surface area (Å²) >= 11 is 5.03. The fourth-order valence-electron chi connectivity index (χ4n) is 1.99. The molecule has 6 heteroatoms. The van der Waals surface area contributed by atoms with Crippen LogP contribution in [0.4, 0.5) is 0 Å². The maximum Gasteiger partial charge on any atom is 0.174 e. The minimum atomic E-state index is 0.563. The van der Waals surface area contributed by atoms with Crippen molar-refractivity contribution >= 4 is 34.4 Å². The highest BCUT2D eigenvalue weighted by Crippen LogP contribution is 2.29. The van der Waals surface area contributed by atoms with E-state index < -0.39 is 0 Å². The molecule has 0 amide bonds. The Hall–Kier alpha value is -1.24. The van der Waals surface area contributed by atoms with Crippen LogP contribution < -0.4 is 0 Å². The average Bonchev–Trinajstić information content (AvgIpc) is 3.14. The van der Waals surface area contributed by atoms with Crippen molar-refractivity contribution in [3.63, 3.8) is 0 Å². The normalized spacial score (nSPS) is 11.3. The van der Waals surface area contributed by atoms with E-state index in [2.05, 4.69) is 53.7 Å². The van der Waals surface area contributed by atoms with Gasteiger partial charge in [-0.15, -0.1) is 21.5 Å². The van der Waals surface area contributed by atoms with Gasteiger partial charge >= 0.3 is 0 Å². The molecule has 114 valence electrons. The number of thioether (sulfide) groups is 1. The monoisotopic (exact) mass is 347 g/mol. The largest absolute Gasteiger partial charge is 0.240 e. The molecular weight excluding hydrogens is 330 g/mol. The summed E-state index contributed by atoms with van der Waals surface area (Å²) in [7, 11) is 0. The molecule has 2 aromatic heterocycles. The molecular formula is C16H17N3S3. The molecule has 0 saturated carbocycles. The highest BCUT2D eigenvalue weighted by atomic mass is 32.2. The van der Waals surface area contributed by atoms with Gasteiger partial charge in [0.05, 0.1) is 5.69 Å². The van der Waals surface area contributed by atoms with Crippen molar-refractivity contribution in [2.75, 3.05) is 0 Å². The first-order chi connectivity index (χ1) is 10.6. The van der Waals surface area contributed by atoms with Crippen LogP contribution in [0.3, 0.4) is 0 Å². The average molecular weight is 348 g/mol. The molecule has 0 saturated heterocycles. The van der Waals surface area contributed by atoms with Crippen molar-refractivity contribution in [1.29, 1.82) is 0 Å². The molecule has 0 unspecified atom stereocenters. The van der Waals surface area contributed by atoms with Gasteiger partial charge in [0.1, 0.15) is 10.0 Å². The Bertz CT molecular complexity index is 744. The smallest absolute Gasteiger partial charge is 0.174 e. The van der Waals surface area contributed by atoms with Crippen molar-refractivity contribution in [3.05, 3.63) is 45.9 Å². The third kappa shape index (κ3) is 3.74. The van der Waals surface area contributed by atoms with Crippen LogP contribution in [0.2, 0.25) is 0 Å². The van der Waals surface area contributed by atoms with Crippen molar-refractivity contribution in [3.8, 4) is 10.6 Å². The molecule has 3 rings (SSSR count). The van der Waals surface area contributed by atoms with E-state index in [1.807, 2.05) is 6.92 Å². The lowest BCUT2D eigenvalue weighted by Gasteiger charge is -2.05. The molecule has 0 radical (unpaired) electrons. The molecule has 2 heterocycles. The number of nitrogens with zero attached hydrogens (tertiary/aromatic N) is 3. The van der Waals surface area contributed by atoms with Crippen LogP contribution in [0.15, 0.2) is 34.0 Å². The Labute approximate surface area is 142 Å². The molecule has 3 nitrogen and oxygen atoms in total. The molecule has 0 aliphatic carbocycles. The number of aryl methyl sites for hydroxylation is 1. The van der Waals surface area contributed by atoms with E-state index >= 15 is 0 Å². The van der Waals surface area contributed by atoms with Crippen LogP contribution in [0.25, 0.3) is 10.6 Å². The summed E-state index contributed by atoms with van der Waals surface area (Å²) in [6.07, 6.45) is 0.